The molecule has 0 bridgehead atoms. The second-order valence-corrected chi connectivity index (χ2v) is 8.10. The van der Waals surface area contributed by atoms with Crippen LogP contribution < -0.4 is 16.0 Å². The van der Waals surface area contributed by atoms with Gasteiger partial charge in [0.05, 0.1) is 6.54 Å². The van der Waals surface area contributed by atoms with E-state index in [4.69, 9.17) is 5.73 Å². The van der Waals surface area contributed by atoms with Crippen molar-refractivity contribution in [2.75, 3.05) is 48.7 Å². The summed E-state index contributed by atoms with van der Waals surface area (Å²) in [6, 6.07) is 0. The Morgan fingerprint density at radius 1 is 1.26 bits per heavy atom. The fourth-order valence-corrected chi connectivity index (χ4v) is 4.23. The number of fused-ring (bicyclic) bond motifs is 1. The molecule has 1 aliphatic carbocycles. The lowest BCUT2D eigenvalue weighted by Gasteiger charge is -2.30. The van der Waals surface area contributed by atoms with E-state index >= 15 is 0 Å². The molecule has 3 heterocycles. The second kappa shape index (κ2) is 7.97. The van der Waals surface area contributed by atoms with Crippen LogP contribution in [-0.4, -0.2) is 53.5 Å². The van der Waals surface area contributed by atoms with Gasteiger partial charge in [-0.05, 0) is 31.5 Å². The molecular weight excluding hydrogens is 455 g/mol. The molecule has 3 aliphatic rings. The number of hydrogen-bond acceptors (Lipinski definition) is 6. The molecule has 7 nitrogen and oxygen atoms in total. The quantitative estimate of drug-likeness (QED) is 0.510. The predicted octanol–water partition coefficient (Wildman–Crippen LogP) is 2.19. The van der Waals surface area contributed by atoms with Crippen molar-refractivity contribution in [3.63, 3.8) is 0 Å². The Balaban J connectivity index is 1.49. The predicted molar refractivity (Wildman–Crippen MR) is 116 cm³/mol. The minimum atomic E-state index is -0.0975. The summed E-state index contributed by atoms with van der Waals surface area (Å²) in [4.78, 5) is 25.2. The summed E-state index contributed by atoms with van der Waals surface area (Å²) in [5.41, 5.74) is 7.63. The maximum absolute atomic E-state index is 12.1. The van der Waals surface area contributed by atoms with Crippen LogP contribution in [0.4, 0.5) is 17.3 Å². The maximum Gasteiger partial charge on any atom is 0.244 e. The number of carbonyl (C=O) groups is 1. The van der Waals surface area contributed by atoms with Gasteiger partial charge in [0, 0.05) is 41.6 Å². The maximum atomic E-state index is 12.1. The minimum absolute atomic E-state index is 0.0975. The highest BCUT2D eigenvalue weighted by Gasteiger charge is 2.27. The molecule has 1 aromatic heterocycles. The molecule has 142 valence electrons. The largest absolute Gasteiger partial charge is 0.382 e. The highest BCUT2D eigenvalue weighted by atomic mass is 127. The standard InChI is InChI=1S/C19H23IN6O/c20-19-23-17(21)16-18(24-19)26(12-15(27)22-16)11-14-5-3-4-13(6-7-14)10-25-8-1-2-9-25/h3-7,13H,1-2,8-12H2,(H,22,27)(H2,21,23,24). The van der Waals surface area contributed by atoms with Crippen LogP contribution in [0, 0.1) is 9.75 Å². The van der Waals surface area contributed by atoms with Crippen molar-refractivity contribution in [1.29, 1.82) is 0 Å². The van der Waals surface area contributed by atoms with Gasteiger partial charge in [-0.3, -0.25) is 4.79 Å². The molecule has 8 heteroatoms. The van der Waals surface area contributed by atoms with Gasteiger partial charge in [0.15, 0.2) is 15.5 Å². The monoisotopic (exact) mass is 478 g/mol. The molecular formula is C19H23IN6O. The van der Waals surface area contributed by atoms with E-state index in [-0.39, 0.29) is 12.5 Å². The number of anilines is 3. The van der Waals surface area contributed by atoms with Crippen LogP contribution in [0.3, 0.4) is 0 Å². The number of carbonyl (C=O) groups excluding carboxylic acids is 1. The number of nitrogens with two attached hydrogens (primary N) is 1. The van der Waals surface area contributed by atoms with E-state index in [1.807, 2.05) is 27.5 Å². The zero-order valence-corrected chi connectivity index (χ0v) is 17.2. The molecule has 0 radical (unpaired) electrons. The Morgan fingerprint density at radius 3 is 2.89 bits per heavy atom. The van der Waals surface area contributed by atoms with Crippen molar-refractivity contribution in [2.45, 2.75) is 12.8 Å². The Labute approximate surface area is 172 Å². The molecule has 1 atom stereocenters. The fraction of sp³-hybridized carbons (Fsp3) is 0.421. The summed E-state index contributed by atoms with van der Waals surface area (Å²) in [6.45, 7) is 4.34. The first-order valence-corrected chi connectivity index (χ1v) is 10.3. The highest BCUT2D eigenvalue weighted by molar-refractivity contribution is 14.1. The number of amides is 1. The zero-order valence-electron chi connectivity index (χ0n) is 15.1. The van der Waals surface area contributed by atoms with E-state index in [0.717, 1.165) is 12.1 Å². The number of halogens is 1. The van der Waals surface area contributed by atoms with Crippen LogP contribution >= 0.6 is 22.6 Å². The number of allylic oxidation sites excluding steroid dienone is 2. The number of rotatable bonds is 4. The lowest BCUT2D eigenvalue weighted by Crippen LogP contribution is -2.40. The second-order valence-electron chi connectivity index (χ2n) is 7.14. The number of hydrogen-bond donors (Lipinski definition) is 2. The molecule has 27 heavy (non-hydrogen) atoms. The topological polar surface area (TPSA) is 87.4 Å². The molecule has 1 amide bonds. The third kappa shape index (κ3) is 4.32. The first-order chi connectivity index (χ1) is 13.1. The SMILES string of the molecule is Nc1nc(I)nc2c1NC(=O)CN2CC1=CC=CC(CN2CCCC2)C=C1. The van der Waals surface area contributed by atoms with Gasteiger partial charge in [0.25, 0.3) is 0 Å². The Morgan fingerprint density at radius 2 is 2.07 bits per heavy atom. The van der Waals surface area contributed by atoms with Gasteiger partial charge in [-0.15, -0.1) is 0 Å². The fourth-order valence-electron chi connectivity index (χ4n) is 3.74. The van der Waals surface area contributed by atoms with Gasteiger partial charge in [0.2, 0.25) is 5.91 Å². The first-order valence-electron chi connectivity index (χ1n) is 9.24. The minimum Gasteiger partial charge on any atom is -0.382 e. The lowest BCUT2D eigenvalue weighted by atomic mass is 10.1. The molecule has 0 saturated carbocycles. The normalized spacial score (nSPS) is 22.4. The van der Waals surface area contributed by atoms with Crippen LogP contribution in [-0.2, 0) is 4.79 Å². The Kier molecular flexibility index (Phi) is 5.44. The highest BCUT2D eigenvalue weighted by Crippen LogP contribution is 2.32. The Hall–Kier alpha value is -1.94. The number of nitrogen functional groups attached to an aromatic ring is 1. The zero-order chi connectivity index (χ0) is 18.8. The number of nitrogens with one attached hydrogen (secondary N) is 1. The molecule has 1 aromatic rings. The average molecular weight is 478 g/mol. The summed E-state index contributed by atoms with van der Waals surface area (Å²) in [5.74, 6) is 1.31. The summed E-state index contributed by atoms with van der Waals surface area (Å²) in [5, 5.41) is 2.79. The van der Waals surface area contributed by atoms with E-state index in [2.05, 4.69) is 50.6 Å². The van der Waals surface area contributed by atoms with Gasteiger partial charge in [0.1, 0.15) is 5.69 Å². The molecule has 4 rings (SSSR count). The number of nitrogens with zero attached hydrogens (tertiary/aromatic N) is 4. The average Bonchev–Trinajstić information content (AvgIpc) is 3.03. The molecule has 2 aliphatic heterocycles. The molecule has 1 unspecified atom stereocenters. The summed E-state index contributed by atoms with van der Waals surface area (Å²) in [6.07, 6.45) is 13.5. The lowest BCUT2D eigenvalue weighted by molar-refractivity contribution is -0.115. The number of aromatic nitrogens is 2. The van der Waals surface area contributed by atoms with Gasteiger partial charge in [-0.1, -0.05) is 30.4 Å². The van der Waals surface area contributed by atoms with Crippen molar-refractivity contribution in [2.24, 2.45) is 5.92 Å². The number of likely N-dealkylation sites (tertiary alicyclic amines) is 1. The van der Waals surface area contributed by atoms with E-state index in [1.165, 1.54) is 25.9 Å². The molecule has 3 N–H and O–H groups in total. The molecule has 1 saturated heterocycles. The van der Waals surface area contributed by atoms with Crippen LogP contribution in [0.15, 0.2) is 36.0 Å². The van der Waals surface area contributed by atoms with Crippen LogP contribution in [0.5, 0.6) is 0 Å². The van der Waals surface area contributed by atoms with Crippen LogP contribution in [0.25, 0.3) is 0 Å². The van der Waals surface area contributed by atoms with Crippen molar-refractivity contribution in [1.82, 2.24) is 14.9 Å². The van der Waals surface area contributed by atoms with Crippen molar-refractivity contribution in [3.8, 4) is 0 Å². The molecule has 0 spiro atoms. The van der Waals surface area contributed by atoms with Gasteiger partial charge < -0.3 is 20.9 Å². The van der Waals surface area contributed by atoms with Crippen molar-refractivity contribution < 1.29 is 4.79 Å². The Bertz CT molecular complexity index is 828. The third-order valence-electron chi connectivity index (χ3n) is 5.06. The van der Waals surface area contributed by atoms with Gasteiger partial charge in [-0.25, -0.2) is 9.97 Å². The smallest absolute Gasteiger partial charge is 0.244 e. The van der Waals surface area contributed by atoms with Crippen molar-refractivity contribution in [3.05, 3.63) is 39.8 Å². The van der Waals surface area contributed by atoms with E-state index in [0.29, 0.717) is 33.6 Å². The van der Waals surface area contributed by atoms with Crippen LogP contribution in [0.1, 0.15) is 12.8 Å². The van der Waals surface area contributed by atoms with Gasteiger partial charge in [-0.2, -0.15) is 0 Å². The molecule has 0 aromatic carbocycles. The van der Waals surface area contributed by atoms with E-state index < -0.39 is 0 Å². The third-order valence-corrected chi connectivity index (χ3v) is 5.54. The summed E-state index contributed by atoms with van der Waals surface area (Å²) in [7, 11) is 0. The van der Waals surface area contributed by atoms with E-state index in [1.54, 1.807) is 0 Å². The van der Waals surface area contributed by atoms with Crippen molar-refractivity contribution >= 4 is 45.8 Å². The summed E-state index contributed by atoms with van der Waals surface area (Å²) >= 11 is 2.04. The van der Waals surface area contributed by atoms with E-state index in [9.17, 15) is 4.79 Å². The summed E-state index contributed by atoms with van der Waals surface area (Å²) < 4.78 is 0.570. The van der Waals surface area contributed by atoms with Crippen LogP contribution in [0.2, 0.25) is 0 Å². The van der Waals surface area contributed by atoms with Gasteiger partial charge >= 0.3 is 0 Å². The first kappa shape index (κ1) is 18.4. The molecule has 1 fully saturated rings.